The number of hydrogen-bond acceptors (Lipinski definition) is 6. The number of rotatable bonds is 7. The van der Waals surface area contributed by atoms with Crippen LogP contribution in [0.5, 0.6) is 0 Å². The van der Waals surface area contributed by atoms with Gasteiger partial charge in [0.2, 0.25) is 0 Å². The molecule has 4 N–H and O–H groups in total. The fourth-order valence-electron chi connectivity index (χ4n) is 4.19. The smallest absolute Gasteiger partial charge is 0.319 e. The number of amides is 2. The predicted molar refractivity (Wildman–Crippen MR) is 137 cm³/mol. The van der Waals surface area contributed by atoms with Crippen LogP contribution in [0.2, 0.25) is 5.02 Å². The van der Waals surface area contributed by atoms with Gasteiger partial charge in [-0.05, 0) is 62.4 Å². The lowest BCUT2D eigenvalue weighted by Gasteiger charge is -2.31. The molecule has 0 unspecified atom stereocenters. The molecule has 0 aliphatic heterocycles. The number of sulfonamides is 1. The molecule has 0 heterocycles. The van der Waals surface area contributed by atoms with Crippen molar-refractivity contribution in [3.05, 3.63) is 79.3 Å². The fraction of sp³-hybridized carbons (Fsp3) is 0.292. The lowest BCUT2D eigenvalue weighted by Crippen LogP contribution is -2.44. The summed E-state index contributed by atoms with van der Waals surface area (Å²) < 4.78 is 41.3. The molecule has 3 aromatic carbocycles. The molecule has 3 aromatic rings. The Hall–Kier alpha value is -3.44. The van der Waals surface area contributed by atoms with Gasteiger partial charge in [0, 0.05) is 17.8 Å². The van der Waals surface area contributed by atoms with E-state index in [0.29, 0.717) is 31.2 Å². The van der Waals surface area contributed by atoms with E-state index in [-0.39, 0.29) is 39.1 Å². The predicted octanol–water partition coefficient (Wildman–Crippen LogP) is 3.73. The Morgan fingerprint density at radius 3 is 2.28 bits per heavy atom. The Morgan fingerprint density at radius 2 is 1.61 bits per heavy atom. The molecule has 0 aromatic heterocycles. The van der Waals surface area contributed by atoms with E-state index >= 15 is 0 Å². The van der Waals surface area contributed by atoms with E-state index in [1.54, 1.807) is 25.1 Å². The van der Waals surface area contributed by atoms with Gasteiger partial charge in [-0.25, -0.2) is 17.6 Å². The molecule has 2 amide bonds. The van der Waals surface area contributed by atoms with Crippen LogP contribution in [0.4, 0.5) is 26.2 Å². The summed E-state index contributed by atoms with van der Waals surface area (Å²) in [5.41, 5.74) is -1.19. The zero-order valence-electron chi connectivity index (χ0n) is 19.2. The minimum atomic E-state index is -4.04. The van der Waals surface area contributed by atoms with Gasteiger partial charge in [0.15, 0.2) is 0 Å². The molecular formula is C24H24ClFN4O5S. The monoisotopic (exact) mass is 534 g/mol. The lowest BCUT2D eigenvalue weighted by atomic mass is 9.91. The Kier molecular flexibility index (Phi) is 7.32. The first-order valence-electron chi connectivity index (χ1n) is 11.3. The molecule has 0 saturated heterocycles. The van der Waals surface area contributed by atoms with Crippen molar-refractivity contribution < 1.29 is 17.6 Å². The number of benzene rings is 2. The Bertz CT molecular complexity index is 1480. The number of aryl methyl sites for hydroxylation is 1. The van der Waals surface area contributed by atoms with Gasteiger partial charge in [0.25, 0.3) is 20.9 Å². The quantitative estimate of drug-likeness (QED) is 0.341. The third-order valence-corrected chi connectivity index (χ3v) is 7.93. The van der Waals surface area contributed by atoms with Gasteiger partial charge in [0.05, 0.1) is 9.92 Å². The highest BCUT2D eigenvalue weighted by atomic mass is 35.5. The van der Waals surface area contributed by atoms with Gasteiger partial charge in [-0.1, -0.05) is 29.8 Å². The van der Waals surface area contributed by atoms with Gasteiger partial charge in [0.1, 0.15) is 17.2 Å². The van der Waals surface area contributed by atoms with Gasteiger partial charge in [-0.3, -0.25) is 14.3 Å². The average molecular weight is 535 g/mol. The minimum Gasteiger partial charge on any atom is -0.377 e. The summed E-state index contributed by atoms with van der Waals surface area (Å²) in [4.78, 5) is 36.5. The van der Waals surface area contributed by atoms with Gasteiger partial charge < -0.3 is 16.0 Å². The summed E-state index contributed by atoms with van der Waals surface area (Å²) in [6.45, 7) is 1.64. The Balaban J connectivity index is 1.33. The number of carbonyl (C=O) groups is 1. The van der Waals surface area contributed by atoms with Crippen LogP contribution in [0, 0.1) is 12.7 Å². The minimum absolute atomic E-state index is 0.0233. The van der Waals surface area contributed by atoms with Crippen LogP contribution in [-0.4, -0.2) is 26.5 Å². The topological polar surface area (TPSA) is 133 Å². The zero-order valence-corrected chi connectivity index (χ0v) is 20.8. The van der Waals surface area contributed by atoms with Gasteiger partial charge in [-0.15, -0.1) is 0 Å². The van der Waals surface area contributed by atoms with Crippen LogP contribution in [0.3, 0.4) is 0 Å². The van der Waals surface area contributed by atoms with E-state index in [4.69, 9.17) is 11.6 Å². The fourth-order valence-corrected chi connectivity index (χ4v) is 5.63. The maximum Gasteiger partial charge on any atom is 0.319 e. The highest BCUT2D eigenvalue weighted by Gasteiger charge is 2.30. The summed E-state index contributed by atoms with van der Waals surface area (Å²) in [7, 11) is -4.04. The SMILES string of the molecule is Cc1ccccc1S(=O)(=O)Nc1c(NC2CCC(NC(=O)Nc3ccc(Cl)c(F)c3)CC2)c(=O)c1=O. The first kappa shape index (κ1) is 25.6. The number of nitrogens with one attached hydrogen (secondary N) is 4. The van der Waals surface area contributed by atoms with Crippen LogP contribution in [-0.2, 0) is 10.0 Å². The summed E-state index contributed by atoms with van der Waals surface area (Å²) in [6, 6.07) is 9.48. The van der Waals surface area contributed by atoms with E-state index in [0.717, 1.165) is 6.07 Å². The second-order valence-electron chi connectivity index (χ2n) is 8.70. The van der Waals surface area contributed by atoms with Crippen LogP contribution in [0.15, 0.2) is 56.9 Å². The number of carbonyl (C=O) groups excluding carboxylic acids is 1. The number of hydrogen-bond donors (Lipinski definition) is 4. The van der Waals surface area contributed by atoms with E-state index in [2.05, 4.69) is 20.7 Å². The Morgan fingerprint density at radius 1 is 0.972 bits per heavy atom. The molecule has 1 fully saturated rings. The van der Waals surface area contributed by atoms with Crippen LogP contribution in [0.1, 0.15) is 31.2 Å². The maximum atomic E-state index is 13.5. The normalized spacial score (nSPS) is 18.0. The molecule has 36 heavy (non-hydrogen) atoms. The molecule has 0 atom stereocenters. The third-order valence-electron chi connectivity index (χ3n) is 6.12. The van der Waals surface area contributed by atoms with Gasteiger partial charge >= 0.3 is 6.03 Å². The summed E-state index contributed by atoms with van der Waals surface area (Å²) in [5, 5.41) is 8.34. The standard InChI is InChI=1S/C24H24ClFN4O5S/c1-13-4-2-3-5-19(13)36(34,35)30-21-20(22(31)23(21)32)27-14-6-8-15(9-7-14)28-24(33)29-16-10-11-17(25)18(26)12-16/h2-5,10-12,14-15,27,30H,6-9H2,1H3,(H2,28,29,33). The number of halogens is 2. The number of urea groups is 1. The number of anilines is 3. The summed E-state index contributed by atoms with van der Waals surface area (Å²) in [5.74, 6) is -0.639. The molecule has 190 valence electrons. The molecule has 1 aliphatic rings. The molecule has 0 bridgehead atoms. The molecule has 9 nitrogen and oxygen atoms in total. The van der Waals surface area contributed by atoms with Gasteiger partial charge in [-0.2, -0.15) is 0 Å². The van der Waals surface area contributed by atoms with E-state index in [1.807, 2.05) is 0 Å². The highest BCUT2D eigenvalue weighted by Crippen LogP contribution is 2.26. The van der Waals surface area contributed by atoms with Crippen molar-refractivity contribution in [2.24, 2.45) is 0 Å². The van der Waals surface area contributed by atoms with Crippen molar-refractivity contribution in [3.8, 4) is 0 Å². The molecule has 0 spiro atoms. The van der Waals surface area contributed by atoms with E-state index < -0.39 is 32.7 Å². The molecule has 12 heteroatoms. The summed E-state index contributed by atoms with van der Waals surface area (Å²) in [6.07, 6.45) is 2.31. The van der Waals surface area contributed by atoms with Crippen LogP contribution < -0.4 is 31.5 Å². The molecule has 4 rings (SSSR count). The van der Waals surface area contributed by atoms with Crippen molar-refractivity contribution in [1.82, 2.24) is 5.32 Å². The van der Waals surface area contributed by atoms with Crippen LogP contribution >= 0.6 is 11.6 Å². The van der Waals surface area contributed by atoms with Crippen molar-refractivity contribution in [2.45, 2.75) is 49.6 Å². The molecule has 1 aliphatic carbocycles. The van der Waals surface area contributed by atoms with Crippen LogP contribution in [0.25, 0.3) is 0 Å². The lowest BCUT2D eigenvalue weighted by molar-refractivity contribution is 0.243. The first-order chi connectivity index (χ1) is 17.0. The molecule has 0 radical (unpaired) electrons. The average Bonchev–Trinajstić information content (AvgIpc) is 2.84. The molecule has 1 saturated carbocycles. The first-order valence-corrected chi connectivity index (χ1v) is 13.1. The third kappa shape index (κ3) is 5.52. The van der Waals surface area contributed by atoms with Crippen molar-refractivity contribution in [3.63, 3.8) is 0 Å². The Labute approximate surface area is 211 Å². The van der Waals surface area contributed by atoms with E-state index in [1.165, 1.54) is 18.2 Å². The van der Waals surface area contributed by atoms with E-state index in [9.17, 15) is 27.2 Å². The van der Waals surface area contributed by atoms with Crippen molar-refractivity contribution >= 4 is 44.7 Å². The second-order valence-corrected chi connectivity index (χ2v) is 10.8. The second kappa shape index (κ2) is 10.3. The zero-order chi connectivity index (χ0) is 26.0. The highest BCUT2D eigenvalue weighted by molar-refractivity contribution is 7.92. The largest absolute Gasteiger partial charge is 0.377 e. The maximum absolute atomic E-state index is 13.5. The van der Waals surface area contributed by atoms with Crippen molar-refractivity contribution in [2.75, 3.05) is 15.4 Å². The van der Waals surface area contributed by atoms with Crippen molar-refractivity contribution in [1.29, 1.82) is 0 Å². The summed E-state index contributed by atoms with van der Waals surface area (Å²) >= 11 is 5.64. The molecular weight excluding hydrogens is 511 g/mol.